The molecule has 1 fully saturated rings. The van der Waals surface area contributed by atoms with Crippen molar-refractivity contribution in [3.8, 4) is 0 Å². The van der Waals surface area contributed by atoms with Gasteiger partial charge in [0, 0.05) is 11.3 Å². The van der Waals surface area contributed by atoms with E-state index in [1.54, 1.807) is 12.1 Å². The van der Waals surface area contributed by atoms with Crippen LogP contribution in [0.15, 0.2) is 48.5 Å². The highest BCUT2D eigenvalue weighted by Crippen LogP contribution is 2.20. The fourth-order valence-corrected chi connectivity index (χ4v) is 3.77. The number of hydrogen-bond acceptors (Lipinski definition) is 1. The van der Waals surface area contributed by atoms with E-state index in [1.807, 2.05) is 6.07 Å². The van der Waals surface area contributed by atoms with Crippen LogP contribution in [0.2, 0.25) is 0 Å². The Hall–Kier alpha value is -1.98. The predicted octanol–water partition coefficient (Wildman–Crippen LogP) is 3.44. The molecule has 1 aliphatic heterocycles. The van der Waals surface area contributed by atoms with Gasteiger partial charge in [0.2, 0.25) is 0 Å². The van der Waals surface area contributed by atoms with Crippen LogP contribution in [0, 0.1) is 5.82 Å². The quantitative estimate of drug-likeness (QED) is 0.768. The molecule has 0 unspecified atom stereocenters. The van der Waals surface area contributed by atoms with E-state index in [9.17, 15) is 4.39 Å². The third-order valence-electron chi connectivity index (χ3n) is 5.44. The Kier molecular flexibility index (Phi) is 6.80. The van der Waals surface area contributed by atoms with E-state index in [-0.39, 0.29) is 5.82 Å². The first-order valence-electron chi connectivity index (χ1n) is 9.79. The molecule has 1 atom stereocenters. The zero-order chi connectivity index (χ0) is 19.2. The van der Waals surface area contributed by atoms with E-state index in [0.717, 1.165) is 55.5 Å². The first-order chi connectivity index (χ1) is 13.0. The molecule has 2 N–H and O–H groups in total. The van der Waals surface area contributed by atoms with Crippen molar-refractivity contribution >= 4 is 23.0 Å². The Morgan fingerprint density at radius 3 is 2.52 bits per heavy atom. The minimum Gasteiger partial charge on any atom is -0.338 e. The summed E-state index contributed by atoms with van der Waals surface area (Å²) >= 11 is 5.60. The van der Waals surface area contributed by atoms with Crippen LogP contribution in [0.25, 0.3) is 0 Å². The van der Waals surface area contributed by atoms with Gasteiger partial charge in [0.25, 0.3) is 0 Å². The molecular formula is C22H29FN3S+. The van der Waals surface area contributed by atoms with Gasteiger partial charge in [-0.3, -0.25) is 0 Å². The molecule has 2 aromatic carbocycles. The minimum absolute atomic E-state index is 0.157. The third-order valence-corrected chi connectivity index (χ3v) is 5.80. The summed E-state index contributed by atoms with van der Waals surface area (Å²) in [6, 6.07) is 15.5. The Bertz CT molecular complexity index is 754. The van der Waals surface area contributed by atoms with E-state index in [1.165, 1.54) is 16.5 Å². The van der Waals surface area contributed by atoms with Crippen LogP contribution in [0.5, 0.6) is 0 Å². The van der Waals surface area contributed by atoms with Gasteiger partial charge in [-0.15, -0.1) is 0 Å². The molecular weight excluding hydrogens is 357 g/mol. The summed E-state index contributed by atoms with van der Waals surface area (Å²) in [4.78, 5) is 3.70. The lowest BCUT2D eigenvalue weighted by molar-refractivity contribution is -0.917. The molecule has 0 bridgehead atoms. The lowest BCUT2D eigenvalue weighted by atomic mass is 9.99. The van der Waals surface area contributed by atoms with E-state index >= 15 is 0 Å². The molecule has 27 heavy (non-hydrogen) atoms. The second-order valence-electron chi connectivity index (χ2n) is 7.41. The molecule has 1 saturated heterocycles. The first kappa shape index (κ1) is 19.8. The van der Waals surface area contributed by atoms with Crippen molar-refractivity contribution in [3.05, 3.63) is 65.5 Å². The number of thiocarbonyl (C=S) groups is 1. The van der Waals surface area contributed by atoms with E-state index < -0.39 is 0 Å². The van der Waals surface area contributed by atoms with Crippen molar-refractivity contribution < 1.29 is 9.29 Å². The minimum atomic E-state index is -0.157. The number of anilines is 1. The second-order valence-corrected chi connectivity index (χ2v) is 7.79. The second kappa shape index (κ2) is 9.29. The number of nitrogens with zero attached hydrogens (tertiary/aromatic N) is 1. The standard InChI is InChI=1S/C22H28FN3S/c1-3-17(2)19-7-9-21(10-8-19)24-22(27)26-13-11-25(12-14-26)16-18-5-4-6-20(23)15-18/h4-10,15,17H,3,11-14,16H2,1-2H3,(H,24,27)/p+1/t17-/m0/s1. The largest absolute Gasteiger partial charge is 0.338 e. The molecule has 144 valence electrons. The lowest BCUT2D eigenvalue weighted by Gasteiger charge is -2.34. The molecule has 2 aromatic rings. The maximum Gasteiger partial charge on any atom is 0.173 e. The van der Waals surface area contributed by atoms with Crippen LogP contribution >= 0.6 is 12.2 Å². The number of hydrogen-bond donors (Lipinski definition) is 2. The van der Waals surface area contributed by atoms with E-state index in [2.05, 4.69) is 48.3 Å². The number of rotatable bonds is 5. The Morgan fingerprint density at radius 2 is 1.89 bits per heavy atom. The Morgan fingerprint density at radius 1 is 1.19 bits per heavy atom. The van der Waals surface area contributed by atoms with Gasteiger partial charge >= 0.3 is 0 Å². The van der Waals surface area contributed by atoms with Crippen molar-refractivity contribution in [2.24, 2.45) is 0 Å². The van der Waals surface area contributed by atoms with Gasteiger partial charge < -0.3 is 15.1 Å². The summed E-state index contributed by atoms with van der Waals surface area (Å²) in [6.45, 7) is 9.17. The van der Waals surface area contributed by atoms with Crippen molar-refractivity contribution in [2.75, 3.05) is 31.5 Å². The average molecular weight is 387 g/mol. The molecule has 1 heterocycles. The molecule has 0 radical (unpaired) electrons. The molecule has 0 spiro atoms. The normalized spacial score (nSPS) is 16.2. The molecule has 0 aliphatic carbocycles. The van der Waals surface area contributed by atoms with Crippen LogP contribution in [-0.2, 0) is 6.54 Å². The van der Waals surface area contributed by atoms with Crippen molar-refractivity contribution in [3.63, 3.8) is 0 Å². The highest BCUT2D eigenvalue weighted by atomic mass is 32.1. The number of benzene rings is 2. The molecule has 3 rings (SSSR count). The summed E-state index contributed by atoms with van der Waals surface area (Å²) in [5.74, 6) is 0.426. The van der Waals surface area contributed by atoms with Gasteiger partial charge in [0.15, 0.2) is 5.11 Å². The van der Waals surface area contributed by atoms with Gasteiger partial charge in [-0.05, 0) is 54.4 Å². The highest BCUT2D eigenvalue weighted by Gasteiger charge is 2.22. The van der Waals surface area contributed by atoms with E-state index in [0.29, 0.717) is 5.92 Å². The van der Waals surface area contributed by atoms with Gasteiger partial charge in [0.05, 0.1) is 26.2 Å². The van der Waals surface area contributed by atoms with Crippen LogP contribution in [0.3, 0.4) is 0 Å². The number of piperazine rings is 1. The maximum atomic E-state index is 13.3. The summed E-state index contributed by atoms with van der Waals surface area (Å²) in [5, 5.41) is 4.15. The molecule has 1 aliphatic rings. The lowest BCUT2D eigenvalue weighted by Crippen LogP contribution is -3.13. The molecule has 0 saturated carbocycles. The molecule has 0 aromatic heterocycles. The number of nitrogens with one attached hydrogen (secondary N) is 2. The van der Waals surface area contributed by atoms with Crippen LogP contribution in [-0.4, -0.2) is 36.2 Å². The molecule has 5 heteroatoms. The summed E-state index contributed by atoms with van der Waals surface area (Å²) in [6.07, 6.45) is 1.15. The van der Waals surface area contributed by atoms with Crippen molar-refractivity contribution in [2.45, 2.75) is 32.7 Å². The number of halogens is 1. The predicted molar refractivity (Wildman–Crippen MR) is 114 cm³/mol. The monoisotopic (exact) mass is 386 g/mol. The summed E-state index contributed by atoms with van der Waals surface area (Å²) in [5.41, 5.74) is 3.46. The van der Waals surface area contributed by atoms with E-state index in [4.69, 9.17) is 12.2 Å². The Balaban J connectivity index is 1.48. The zero-order valence-corrected chi connectivity index (χ0v) is 17.0. The van der Waals surface area contributed by atoms with Crippen molar-refractivity contribution in [1.82, 2.24) is 4.90 Å². The first-order valence-corrected chi connectivity index (χ1v) is 10.2. The topological polar surface area (TPSA) is 19.7 Å². The molecule has 3 nitrogen and oxygen atoms in total. The number of quaternary nitrogens is 1. The maximum absolute atomic E-state index is 13.3. The summed E-state index contributed by atoms with van der Waals surface area (Å²) < 4.78 is 13.3. The smallest absolute Gasteiger partial charge is 0.173 e. The zero-order valence-electron chi connectivity index (χ0n) is 16.2. The SMILES string of the molecule is CC[C@H](C)c1ccc(NC(=S)N2CC[NH+](Cc3cccc(F)c3)CC2)cc1. The van der Waals surface area contributed by atoms with Gasteiger partial charge in [-0.2, -0.15) is 0 Å². The van der Waals surface area contributed by atoms with Crippen molar-refractivity contribution in [1.29, 1.82) is 0 Å². The van der Waals surface area contributed by atoms with Gasteiger partial charge in [0.1, 0.15) is 12.4 Å². The van der Waals surface area contributed by atoms with Crippen LogP contribution in [0.4, 0.5) is 10.1 Å². The summed E-state index contributed by atoms with van der Waals surface area (Å²) in [7, 11) is 0. The fourth-order valence-electron chi connectivity index (χ4n) is 3.47. The van der Waals surface area contributed by atoms with Gasteiger partial charge in [-0.1, -0.05) is 38.1 Å². The average Bonchev–Trinajstić information content (AvgIpc) is 2.68. The molecule has 0 amide bonds. The highest BCUT2D eigenvalue weighted by molar-refractivity contribution is 7.80. The fraction of sp³-hybridized carbons (Fsp3) is 0.409. The van der Waals surface area contributed by atoms with Crippen LogP contribution < -0.4 is 10.2 Å². The van der Waals surface area contributed by atoms with Crippen LogP contribution in [0.1, 0.15) is 37.3 Å². The third kappa shape index (κ3) is 5.50. The van der Waals surface area contributed by atoms with Gasteiger partial charge in [-0.25, -0.2) is 4.39 Å². The Labute approximate surface area is 167 Å².